The second kappa shape index (κ2) is 6.55. The van der Waals surface area contributed by atoms with Gasteiger partial charge in [-0.1, -0.05) is 0 Å². The first-order chi connectivity index (χ1) is 8.97. The molecule has 1 rings (SSSR count). The quantitative estimate of drug-likeness (QED) is 0.620. The Kier molecular flexibility index (Phi) is 5.07. The van der Waals surface area contributed by atoms with Crippen molar-refractivity contribution in [3.05, 3.63) is 24.0 Å². The van der Waals surface area contributed by atoms with E-state index in [1.165, 1.54) is 19.2 Å². The molecule has 4 N–H and O–H groups in total. The van der Waals surface area contributed by atoms with Gasteiger partial charge in [0.05, 0.1) is 19.4 Å². The molecule has 0 aliphatic rings. The van der Waals surface area contributed by atoms with E-state index in [-0.39, 0.29) is 5.69 Å². The van der Waals surface area contributed by atoms with Crippen LogP contribution in [0.1, 0.15) is 0 Å². The number of methoxy groups -OCH3 is 1. The first-order valence-corrected chi connectivity index (χ1v) is 5.22. The van der Waals surface area contributed by atoms with E-state index in [9.17, 15) is 14.0 Å². The van der Waals surface area contributed by atoms with Crippen LogP contribution in [-0.2, 0) is 4.79 Å². The fraction of sp³-hybridized carbons (Fsp3) is 0.273. The molecule has 104 valence electrons. The predicted octanol–water partition coefficient (Wildman–Crippen LogP) is 0.401. The van der Waals surface area contributed by atoms with Crippen LogP contribution in [0.25, 0.3) is 0 Å². The third-order valence-corrected chi connectivity index (χ3v) is 2.21. The van der Waals surface area contributed by atoms with Crippen LogP contribution in [0.2, 0.25) is 0 Å². The molecular weight excluding hydrogens is 259 g/mol. The lowest BCUT2D eigenvalue weighted by Gasteiger charge is -2.13. The number of amides is 2. The monoisotopic (exact) mass is 272 g/mol. The maximum absolute atomic E-state index is 13.4. The van der Waals surface area contributed by atoms with Crippen LogP contribution < -0.4 is 15.4 Å². The summed E-state index contributed by atoms with van der Waals surface area (Å²) in [6, 6.07) is 1.28. The number of anilines is 1. The van der Waals surface area contributed by atoms with Gasteiger partial charge in [-0.2, -0.15) is 0 Å². The number of carboxylic acids is 1. The van der Waals surface area contributed by atoms with E-state index in [1.54, 1.807) is 0 Å². The molecule has 0 bridgehead atoms. The molecule has 0 saturated carbocycles. The summed E-state index contributed by atoms with van der Waals surface area (Å²) in [5.41, 5.74) is -0.168. The van der Waals surface area contributed by atoms with Crippen molar-refractivity contribution in [3.8, 4) is 5.75 Å². The van der Waals surface area contributed by atoms with E-state index in [2.05, 4.69) is 5.32 Å². The van der Waals surface area contributed by atoms with Crippen LogP contribution in [0.3, 0.4) is 0 Å². The number of ether oxygens (including phenoxy) is 1. The van der Waals surface area contributed by atoms with Gasteiger partial charge < -0.3 is 25.6 Å². The van der Waals surface area contributed by atoms with E-state index in [0.717, 1.165) is 6.07 Å². The highest BCUT2D eigenvalue weighted by Gasteiger charge is 2.19. The average molecular weight is 272 g/mol. The lowest BCUT2D eigenvalue weighted by atomic mass is 10.3. The van der Waals surface area contributed by atoms with Gasteiger partial charge in [0.25, 0.3) is 0 Å². The number of carbonyl (C=O) groups excluding carboxylic acids is 1. The van der Waals surface area contributed by atoms with Gasteiger partial charge in [0.2, 0.25) is 0 Å². The summed E-state index contributed by atoms with van der Waals surface area (Å²) < 4.78 is 18.2. The molecule has 0 heterocycles. The number of hydrogen-bond acceptors (Lipinski definition) is 4. The summed E-state index contributed by atoms with van der Waals surface area (Å²) in [6.45, 7) is -0.774. The largest absolute Gasteiger partial charge is 0.497 e. The molecule has 0 radical (unpaired) electrons. The molecule has 8 heteroatoms. The number of aliphatic carboxylic acids is 1. The molecule has 0 aliphatic heterocycles. The zero-order valence-electron chi connectivity index (χ0n) is 10.0. The van der Waals surface area contributed by atoms with Crippen molar-refractivity contribution >= 4 is 17.7 Å². The average Bonchev–Trinajstić information content (AvgIpc) is 2.38. The van der Waals surface area contributed by atoms with E-state index >= 15 is 0 Å². The van der Waals surface area contributed by atoms with Crippen LogP contribution in [0.4, 0.5) is 14.9 Å². The highest BCUT2D eigenvalue weighted by atomic mass is 19.1. The maximum atomic E-state index is 13.4. The maximum Gasteiger partial charge on any atom is 0.328 e. The number of benzene rings is 1. The lowest BCUT2D eigenvalue weighted by Crippen LogP contribution is -2.45. The molecule has 19 heavy (non-hydrogen) atoms. The first-order valence-electron chi connectivity index (χ1n) is 5.22. The third-order valence-electron chi connectivity index (χ3n) is 2.21. The van der Waals surface area contributed by atoms with Gasteiger partial charge in [-0.25, -0.2) is 14.0 Å². The topological polar surface area (TPSA) is 108 Å². The van der Waals surface area contributed by atoms with Gasteiger partial charge in [-0.15, -0.1) is 0 Å². The Morgan fingerprint density at radius 3 is 2.68 bits per heavy atom. The van der Waals surface area contributed by atoms with Crippen molar-refractivity contribution in [2.75, 3.05) is 19.0 Å². The highest BCUT2D eigenvalue weighted by Crippen LogP contribution is 2.20. The van der Waals surface area contributed by atoms with Gasteiger partial charge >= 0.3 is 12.0 Å². The summed E-state index contributed by atoms with van der Waals surface area (Å²) in [6.07, 6.45) is 0. The molecule has 1 unspecified atom stereocenters. The van der Waals surface area contributed by atoms with Gasteiger partial charge in [0, 0.05) is 6.07 Å². The van der Waals surface area contributed by atoms with Crippen LogP contribution >= 0.6 is 0 Å². The molecule has 2 amide bonds. The Balaban J connectivity index is 2.73. The summed E-state index contributed by atoms with van der Waals surface area (Å²) in [5, 5.41) is 21.5. The van der Waals surface area contributed by atoms with Crippen molar-refractivity contribution < 1.29 is 28.9 Å². The molecule has 1 aromatic rings. The number of aliphatic hydroxyl groups is 1. The molecule has 1 atom stereocenters. The van der Waals surface area contributed by atoms with Gasteiger partial charge in [-0.05, 0) is 12.1 Å². The number of urea groups is 1. The third kappa shape index (κ3) is 4.11. The molecule has 1 aromatic carbocycles. The van der Waals surface area contributed by atoms with Crippen molar-refractivity contribution in [2.45, 2.75) is 6.04 Å². The first kappa shape index (κ1) is 14.7. The standard InChI is InChI=1S/C11H13FN2O5/c1-19-6-2-3-7(12)8(4-6)13-11(18)14-9(5-15)10(16)17/h2-4,9,15H,5H2,1H3,(H,16,17)(H2,13,14,18). The molecule has 0 aliphatic carbocycles. The zero-order valence-corrected chi connectivity index (χ0v) is 10.0. The Bertz CT molecular complexity index is 480. The van der Waals surface area contributed by atoms with E-state index in [4.69, 9.17) is 14.9 Å². The Labute approximate surface area is 108 Å². The number of hydrogen-bond donors (Lipinski definition) is 4. The minimum absolute atomic E-state index is 0.168. The van der Waals surface area contributed by atoms with Crippen LogP contribution in [0.15, 0.2) is 18.2 Å². The highest BCUT2D eigenvalue weighted by molar-refractivity contribution is 5.92. The predicted molar refractivity (Wildman–Crippen MR) is 63.6 cm³/mol. The van der Waals surface area contributed by atoms with Gasteiger partial charge in [-0.3, -0.25) is 0 Å². The van der Waals surface area contributed by atoms with E-state index < -0.39 is 30.5 Å². The number of carboxylic acid groups (broad SMARTS) is 1. The zero-order chi connectivity index (χ0) is 14.4. The van der Waals surface area contributed by atoms with Gasteiger partial charge in [0.15, 0.2) is 6.04 Å². The minimum atomic E-state index is -1.46. The minimum Gasteiger partial charge on any atom is -0.497 e. The molecule has 0 saturated heterocycles. The van der Waals surface area contributed by atoms with Crippen molar-refractivity contribution in [1.82, 2.24) is 5.32 Å². The number of carbonyl (C=O) groups is 2. The van der Waals surface area contributed by atoms with Crippen molar-refractivity contribution in [1.29, 1.82) is 0 Å². The Morgan fingerprint density at radius 1 is 1.47 bits per heavy atom. The normalized spacial score (nSPS) is 11.5. The number of nitrogens with one attached hydrogen (secondary N) is 2. The fourth-order valence-electron chi connectivity index (χ4n) is 1.23. The molecule has 7 nitrogen and oxygen atoms in total. The molecule has 0 fully saturated rings. The summed E-state index contributed by atoms with van der Waals surface area (Å²) >= 11 is 0. The van der Waals surface area contributed by atoms with E-state index in [1.807, 2.05) is 5.32 Å². The van der Waals surface area contributed by atoms with Crippen molar-refractivity contribution in [2.24, 2.45) is 0 Å². The van der Waals surface area contributed by atoms with Crippen LogP contribution in [0.5, 0.6) is 5.75 Å². The smallest absolute Gasteiger partial charge is 0.328 e. The van der Waals surface area contributed by atoms with Crippen LogP contribution in [0, 0.1) is 5.82 Å². The second-order valence-electron chi connectivity index (χ2n) is 3.52. The fourth-order valence-corrected chi connectivity index (χ4v) is 1.23. The van der Waals surface area contributed by atoms with Gasteiger partial charge in [0.1, 0.15) is 11.6 Å². The second-order valence-corrected chi connectivity index (χ2v) is 3.52. The van der Waals surface area contributed by atoms with Crippen LogP contribution in [-0.4, -0.2) is 42.0 Å². The molecule has 0 spiro atoms. The van der Waals surface area contributed by atoms with E-state index in [0.29, 0.717) is 5.75 Å². The molecular formula is C11H13FN2O5. The SMILES string of the molecule is COc1ccc(F)c(NC(=O)NC(CO)C(=O)O)c1. The number of aliphatic hydroxyl groups excluding tert-OH is 1. The lowest BCUT2D eigenvalue weighted by molar-refractivity contribution is -0.140. The number of halogens is 1. The Hall–Kier alpha value is -2.35. The van der Waals surface area contributed by atoms with Crippen molar-refractivity contribution in [3.63, 3.8) is 0 Å². The molecule has 0 aromatic heterocycles. The summed E-state index contributed by atoms with van der Waals surface area (Å²) in [4.78, 5) is 22.0. The summed E-state index contributed by atoms with van der Waals surface area (Å²) in [5.74, 6) is -1.77. The number of rotatable bonds is 5. The summed E-state index contributed by atoms with van der Waals surface area (Å²) in [7, 11) is 1.38. The Morgan fingerprint density at radius 2 is 2.16 bits per heavy atom.